The largest absolute Gasteiger partial charge is 0.247 e. The Morgan fingerprint density at radius 2 is 0.810 bits per heavy atom. The zero-order valence-corrected chi connectivity index (χ0v) is 13.4. The predicted molar refractivity (Wildman–Crippen MR) is 98.1 cm³/mol. The van der Waals surface area contributed by atoms with Gasteiger partial charge in [0, 0.05) is 0 Å². The van der Waals surface area contributed by atoms with Gasteiger partial charge >= 0.3 is 0 Å². The van der Waals surface area contributed by atoms with Crippen LogP contribution in [-0.2, 0) is 0 Å². The molecule has 0 aliphatic rings. The number of benzene rings is 3. The quantitative estimate of drug-likeness (QED) is 0.508. The Morgan fingerprint density at radius 1 is 0.524 bits per heavy atom. The van der Waals surface area contributed by atoms with Gasteiger partial charge in [-0.15, -0.1) is 0 Å². The second kappa shape index (κ2) is 6.47. The molecule has 0 aliphatic heterocycles. The molecule has 3 aromatic rings. The normalized spacial score (nSPS) is 11.3. The summed E-state index contributed by atoms with van der Waals surface area (Å²) in [6.07, 6.45) is 4.25. The first-order valence-electron chi connectivity index (χ1n) is 6.87. The third-order valence-electron chi connectivity index (χ3n) is 3.55. The van der Waals surface area contributed by atoms with Gasteiger partial charge in [-0.05, 0) is 36.4 Å². The molecule has 2 heteroatoms. The summed E-state index contributed by atoms with van der Waals surface area (Å²) in [5.74, 6) is 0. The van der Waals surface area contributed by atoms with Crippen LogP contribution in [0.1, 0.15) is 0 Å². The molecule has 0 saturated carbocycles. The third kappa shape index (κ3) is 2.64. The van der Waals surface area contributed by atoms with Crippen molar-refractivity contribution in [1.82, 2.24) is 0 Å². The van der Waals surface area contributed by atoms with Crippen LogP contribution in [0.4, 0.5) is 0 Å². The van der Waals surface area contributed by atoms with Gasteiger partial charge in [0.2, 0.25) is 0 Å². The second-order valence-electron chi connectivity index (χ2n) is 4.75. The molecule has 0 bridgehead atoms. The van der Waals surface area contributed by atoms with Crippen molar-refractivity contribution in [3.63, 3.8) is 0 Å². The molecule has 104 valence electrons. The van der Waals surface area contributed by atoms with Gasteiger partial charge in [-0.25, -0.2) is 6.26 Å². The van der Waals surface area contributed by atoms with Gasteiger partial charge in [0.15, 0.2) is 0 Å². The average Bonchev–Trinajstić information content (AvgIpc) is 2.59. The molecule has 3 aromatic carbocycles. The van der Waals surface area contributed by atoms with Crippen molar-refractivity contribution in [3.8, 4) is 0 Å². The Bertz CT molecular complexity index is 584. The lowest BCUT2D eigenvalue weighted by Crippen LogP contribution is -2.28. The van der Waals surface area contributed by atoms with E-state index in [9.17, 15) is 0 Å². The summed E-state index contributed by atoms with van der Waals surface area (Å²) >= 11 is 1.74. The van der Waals surface area contributed by atoms with E-state index in [-0.39, 0.29) is 0 Å². The van der Waals surface area contributed by atoms with E-state index in [0.717, 1.165) is 0 Å². The molecular formula is C19H17PS. The van der Waals surface area contributed by atoms with Crippen molar-refractivity contribution in [3.05, 3.63) is 97.3 Å². The highest BCUT2D eigenvalue weighted by Crippen LogP contribution is 2.65. The second-order valence-corrected chi connectivity index (χ2v) is 10.2. The Labute approximate surface area is 131 Å². The van der Waals surface area contributed by atoms with Crippen LogP contribution in [0.2, 0.25) is 0 Å². The summed E-state index contributed by atoms with van der Waals surface area (Å²) in [5.41, 5.74) is 0. The van der Waals surface area contributed by atoms with E-state index in [0.29, 0.717) is 0 Å². The number of hydrogen-bond acceptors (Lipinski definition) is 1. The van der Waals surface area contributed by atoms with Crippen LogP contribution >= 0.6 is 17.8 Å². The van der Waals surface area contributed by atoms with Gasteiger partial charge < -0.3 is 0 Å². The first kappa shape index (κ1) is 14.4. The molecule has 21 heavy (non-hydrogen) atoms. The van der Waals surface area contributed by atoms with Crippen molar-refractivity contribution in [2.24, 2.45) is 0 Å². The smallest absolute Gasteiger partial charge is 0.136 e. The van der Waals surface area contributed by atoms with E-state index in [1.807, 2.05) is 0 Å². The summed E-state index contributed by atoms with van der Waals surface area (Å²) in [6, 6.07) is 32.3. The highest BCUT2D eigenvalue weighted by molar-refractivity contribution is 8.69. The highest BCUT2D eigenvalue weighted by atomic mass is 32.7. The molecular weight excluding hydrogens is 291 g/mol. The average molecular weight is 308 g/mol. The lowest BCUT2D eigenvalue weighted by molar-refractivity contribution is 1.73. The molecule has 0 unspecified atom stereocenters. The van der Waals surface area contributed by atoms with Crippen LogP contribution in [0.3, 0.4) is 0 Å². The van der Waals surface area contributed by atoms with Crippen LogP contribution in [0, 0.1) is 6.26 Å². The molecule has 0 spiro atoms. The summed E-state index contributed by atoms with van der Waals surface area (Å²) in [6.45, 7) is -1.73. The van der Waals surface area contributed by atoms with Crippen molar-refractivity contribution >= 4 is 33.8 Å². The van der Waals surface area contributed by atoms with E-state index in [1.54, 1.807) is 11.4 Å². The molecule has 0 N–H and O–H groups in total. The first-order valence-corrected chi connectivity index (χ1v) is 10.3. The van der Waals surface area contributed by atoms with Crippen LogP contribution < -0.4 is 15.9 Å². The summed E-state index contributed by atoms with van der Waals surface area (Å²) in [7, 11) is 0. The molecule has 0 amide bonds. The maximum absolute atomic E-state index is 4.25. The summed E-state index contributed by atoms with van der Waals surface area (Å²) < 4.78 is 0. The maximum Gasteiger partial charge on any atom is 0.136 e. The molecule has 0 atom stereocenters. The van der Waals surface area contributed by atoms with E-state index in [4.69, 9.17) is 0 Å². The fraction of sp³-hybridized carbons (Fsp3) is 0. The topological polar surface area (TPSA) is 0 Å². The molecule has 0 saturated heterocycles. The molecule has 0 heterocycles. The third-order valence-corrected chi connectivity index (χ3v) is 10.1. The van der Waals surface area contributed by atoms with E-state index < -0.39 is 6.46 Å². The molecule has 0 nitrogen and oxygen atoms in total. The monoisotopic (exact) mass is 308 g/mol. The number of rotatable bonds is 4. The molecule has 3 rings (SSSR count). The summed E-state index contributed by atoms with van der Waals surface area (Å²) in [4.78, 5) is 0. The molecule has 0 aliphatic carbocycles. The lowest BCUT2D eigenvalue weighted by atomic mass is 10.4. The number of hydrogen-bond donors (Lipinski definition) is 0. The minimum atomic E-state index is -1.73. The predicted octanol–water partition coefficient (Wildman–Crippen LogP) is 4.42. The van der Waals surface area contributed by atoms with E-state index >= 15 is 0 Å². The van der Waals surface area contributed by atoms with Gasteiger partial charge in [-0.3, -0.25) is 0 Å². The first-order chi connectivity index (χ1) is 10.4. The SMILES string of the molecule is [CH2-]S[P+](c1ccccc1)(c1ccccc1)c1ccccc1. The van der Waals surface area contributed by atoms with Crippen molar-refractivity contribution in [1.29, 1.82) is 0 Å². The van der Waals surface area contributed by atoms with Gasteiger partial charge in [-0.1, -0.05) is 54.6 Å². The summed E-state index contributed by atoms with van der Waals surface area (Å²) in [5, 5.41) is 4.09. The van der Waals surface area contributed by atoms with Gasteiger partial charge in [-0.2, -0.15) is 11.4 Å². The Balaban J connectivity index is 2.29. The zero-order chi connectivity index (χ0) is 14.5. The van der Waals surface area contributed by atoms with Crippen LogP contribution in [-0.4, -0.2) is 0 Å². The van der Waals surface area contributed by atoms with Crippen LogP contribution in [0.25, 0.3) is 0 Å². The highest BCUT2D eigenvalue weighted by Gasteiger charge is 2.42. The fourth-order valence-corrected chi connectivity index (χ4v) is 8.14. The molecule has 0 fully saturated rings. The van der Waals surface area contributed by atoms with Gasteiger partial charge in [0.25, 0.3) is 0 Å². The van der Waals surface area contributed by atoms with E-state index in [1.165, 1.54) is 15.9 Å². The van der Waals surface area contributed by atoms with Crippen molar-refractivity contribution < 1.29 is 0 Å². The lowest BCUT2D eigenvalue weighted by Gasteiger charge is -2.27. The molecule has 0 radical (unpaired) electrons. The van der Waals surface area contributed by atoms with Crippen molar-refractivity contribution in [2.45, 2.75) is 0 Å². The van der Waals surface area contributed by atoms with Crippen LogP contribution in [0.5, 0.6) is 0 Å². The van der Waals surface area contributed by atoms with Gasteiger partial charge in [0.05, 0.1) is 0 Å². The fourth-order valence-electron chi connectivity index (χ4n) is 2.58. The Morgan fingerprint density at radius 3 is 1.05 bits per heavy atom. The maximum atomic E-state index is 4.25. The Kier molecular flexibility index (Phi) is 4.43. The standard InChI is InChI=1S/C19H17PS/c1-21-20(17-11-5-2-6-12-17,18-13-7-3-8-14-18)19-15-9-4-10-16-19/h2-16H,1H2. The Hall–Kier alpha value is -1.56. The molecule has 0 aromatic heterocycles. The minimum absolute atomic E-state index is 1.36. The minimum Gasteiger partial charge on any atom is -0.247 e. The van der Waals surface area contributed by atoms with E-state index in [2.05, 4.69) is 97.3 Å². The van der Waals surface area contributed by atoms with Crippen LogP contribution in [0.15, 0.2) is 91.0 Å². The van der Waals surface area contributed by atoms with Crippen molar-refractivity contribution in [2.75, 3.05) is 0 Å². The zero-order valence-electron chi connectivity index (χ0n) is 11.7. The van der Waals surface area contributed by atoms with Gasteiger partial charge in [0.1, 0.15) is 22.4 Å².